The van der Waals surface area contributed by atoms with Crippen molar-refractivity contribution in [3.05, 3.63) is 0 Å². The molecule has 0 aliphatic carbocycles. The number of rotatable bonds is 17. The van der Waals surface area contributed by atoms with Gasteiger partial charge in [-0.15, -0.1) is 0 Å². The molecule has 0 bridgehead atoms. The topological polar surface area (TPSA) is 81.7 Å². The highest BCUT2D eigenvalue weighted by Gasteiger charge is 2.24. The van der Waals surface area contributed by atoms with Crippen LogP contribution >= 0.6 is 0 Å². The monoisotopic (exact) mass is 413 g/mol. The molecule has 0 heterocycles. The maximum absolute atomic E-state index is 12.3. The number of hydrogen-bond acceptors (Lipinski definition) is 5. The summed E-state index contributed by atoms with van der Waals surface area (Å²) in [6.07, 6.45) is 10.8. The number of esters is 2. The third kappa shape index (κ3) is 17.0. The normalized spacial score (nSPS) is 12.1. The third-order valence-corrected chi connectivity index (χ3v) is 4.48. The van der Waals surface area contributed by atoms with Crippen LogP contribution in [0.25, 0.3) is 0 Å². The summed E-state index contributed by atoms with van der Waals surface area (Å²) in [5.41, 5.74) is 0. The van der Waals surface area contributed by atoms with Gasteiger partial charge in [-0.2, -0.15) is 0 Å². The van der Waals surface area contributed by atoms with E-state index < -0.39 is 12.0 Å². The molecule has 0 spiro atoms. The van der Waals surface area contributed by atoms with E-state index in [0.29, 0.717) is 6.42 Å². The number of carbonyl (C=O) groups excluding carboxylic acids is 3. The first-order valence-corrected chi connectivity index (χ1v) is 11.5. The molecule has 0 aromatic carbocycles. The molecule has 0 aliphatic heterocycles. The Balaban J connectivity index is 4.21. The van der Waals surface area contributed by atoms with Crippen molar-refractivity contribution >= 4 is 17.8 Å². The van der Waals surface area contributed by atoms with Crippen molar-refractivity contribution in [1.29, 1.82) is 0 Å². The van der Waals surface area contributed by atoms with Gasteiger partial charge in [0.2, 0.25) is 5.91 Å². The van der Waals surface area contributed by atoms with E-state index in [1.54, 1.807) is 27.7 Å². The molecule has 1 amide bonds. The number of hydrogen-bond donors (Lipinski definition) is 1. The highest BCUT2D eigenvalue weighted by Crippen LogP contribution is 2.11. The van der Waals surface area contributed by atoms with Crippen molar-refractivity contribution in [2.24, 2.45) is 0 Å². The van der Waals surface area contributed by atoms with Gasteiger partial charge in [-0.05, 0) is 40.5 Å². The van der Waals surface area contributed by atoms with Gasteiger partial charge >= 0.3 is 11.9 Å². The minimum Gasteiger partial charge on any atom is -0.463 e. The van der Waals surface area contributed by atoms with Crippen LogP contribution in [0.15, 0.2) is 0 Å². The van der Waals surface area contributed by atoms with Gasteiger partial charge in [0.05, 0.1) is 12.2 Å². The molecule has 0 saturated carbocycles. The summed E-state index contributed by atoms with van der Waals surface area (Å²) >= 11 is 0. The molecule has 0 rings (SSSR count). The summed E-state index contributed by atoms with van der Waals surface area (Å²) in [7, 11) is 0. The fourth-order valence-electron chi connectivity index (χ4n) is 3.01. The van der Waals surface area contributed by atoms with Gasteiger partial charge in [0.1, 0.15) is 6.04 Å². The summed E-state index contributed by atoms with van der Waals surface area (Å²) in [6, 6.07) is -0.817. The van der Waals surface area contributed by atoms with Crippen LogP contribution in [0.3, 0.4) is 0 Å². The maximum Gasteiger partial charge on any atom is 0.328 e. The minimum absolute atomic E-state index is 0.0638. The Kier molecular flexibility index (Phi) is 16.3. The molecule has 29 heavy (non-hydrogen) atoms. The van der Waals surface area contributed by atoms with E-state index in [9.17, 15) is 14.4 Å². The number of amides is 1. The van der Waals surface area contributed by atoms with Crippen molar-refractivity contribution in [3.63, 3.8) is 0 Å². The Morgan fingerprint density at radius 3 is 1.76 bits per heavy atom. The summed E-state index contributed by atoms with van der Waals surface area (Å²) in [6.45, 7) is 9.28. The van der Waals surface area contributed by atoms with Crippen molar-refractivity contribution in [1.82, 2.24) is 5.32 Å². The van der Waals surface area contributed by atoms with Crippen LogP contribution in [0.2, 0.25) is 0 Å². The fraction of sp³-hybridized carbons (Fsp3) is 0.870. The van der Waals surface area contributed by atoms with Crippen LogP contribution in [0.1, 0.15) is 112 Å². The molecule has 1 atom stereocenters. The van der Waals surface area contributed by atoms with E-state index >= 15 is 0 Å². The summed E-state index contributed by atoms with van der Waals surface area (Å²) in [4.78, 5) is 36.3. The third-order valence-electron chi connectivity index (χ3n) is 4.48. The largest absolute Gasteiger partial charge is 0.463 e. The molecule has 6 heteroatoms. The minimum atomic E-state index is -0.817. The molecule has 0 aliphatic rings. The Morgan fingerprint density at radius 2 is 1.24 bits per heavy atom. The van der Waals surface area contributed by atoms with E-state index in [1.807, 2.05) is 0 Å². The van der Waals surface area contributed by atoms with E-state index in [0.717, 1.165) is 19.3 Å². The molecule has 1 N–H and O–H groups in total. The van der Waals surface area contributed by atoms with Gasteiger partial charge in [0.25, 0.3) is 0 Å². The predicted molar refractivity (Wildman–Crippen MR) is 115 cm³/mol. The first kappa shape index (κ1) is 27.4. The lowest BCUT2D eigenvalue weighted by molar-refractivity contribution is -0.153. The van der Waals surface area contributed by atoms with E-state index in [1.165, 1.54) is 38.5 Å². The van der Waals surface area contributed by atoms with E-state index in [-0.39, 0.29) is 36.9 Å². The first-order valence-electron chi connectivity index (χ1n) is 11.5. The Hall–Kier alpha value is -1.59. The fourth-order valence-corrected chi connectivity index (χ4v) is 3.01. The molecule has 0 saturated heterocycles. The van der Waals surface area contributed by atoms with Gasteiger partial charge in [0.15, 0.2) is 0 Å². The standard InChI is InChI=1S/C23H43NO5/c1-6-7-8-9-10-11-12-13-14-15-21(25)24-20(23(27)29-19(4)5)16-17-22(26)28-18(2)3/h18-20H,6-17H2,1-5H3,(H,24,25)/t20-/m1/s1. The molecular weight excluding hydrogens is 370 g/mol. The smallest absolute Gasteiger partial charge is 0.328 e. The summed E-state index contributed by atoms with van der Waals surface area (Å²) in [5, 5.41) is 2.73. The first-order chi connectivity index (χ1) is 13.8. The lowest BCUT2D eigenvalue weighted by Gasteiger charge is -2.19. The van der Waals surface area contributed by atoms with Gasteiger partial charge < -0.3 is 14.8 Å². The Bertz CT molecular complexity index is 462. The molecule has 0 unspecified atom stereocenters. The number of unbranched alkanes of at least 4 members (excludes halogenated alkanes) is 8. The van der Waals surface area contributed by atoms with E-state index in [4.69, 9.17) is 9.47 Å². The molecular formula is C23H43NO5. The highest BCUT2D eigenvalue weighted by molar-refractivity contribution is 5.85. The molecule has 0 fully saturated rings. The zero-order valence-corrected chi connectivity index (χ0v) is 19.3. The quantitative estimate of drug-likeness (QED) is 0.266. The molecule has 0 radical (unpaired) electrons. The Morgan fingerprint density at radius 1 is 0.724 bits per heavy atom. The van der Waals surface area contributed by atoms with Crippen LogP contribution in [-0.4, -0.2) is 36.1 Å². The average molecular weight is 414 g/mol. The van der Waals surface area contributed by atoms with Crippen LogP contribution < -0.4 is 5.32 Å². The Labute approximate surface area is 177 Å². The highest BCUT2D eigenvalue weighted by atomic mass is 16.5. The predicted octanol–water partition coefficient (Wildman–Crippen LogP) is 5.08. The van der Waals surface area contributed by atoms with Crippen molar-refractivity contribution in [2.45, 2.75) is 130 Å². The lowest BCUT2D eigenvalue weighted by Crippen LogP contribution is -2.43. The number of ether oxygens (including phenoxy) is 2. The van der Waals surface area contributed by atoms with Crippen LogP contribution in [-0.2, 0) is 23.9 Å². The van der Waals surface area contributed by atoms with Gasteiger partial charge in [0, 0.05) is 12.8 Å². The summed E-state index contributed by atoms with van der Waals surface area (Å²) in [5.74, 6) is -1.05. The van der Waals surface area contributed by atoms with Gasteiger partial charge in [-0.25, -0.2) is 4.79 Å². The van der Waals surface area contributed by atoms with Gasteiger partial charge in [-0.3, -0.25) is 9.59 Å². The van der Waals surface area contributed by atoms with E-state index in [2.05, 4.69) is 12.2 Å². The van der Waals surface area contributed by atoms with Crippen LogP contribution in [0.5, 0.6) is 0 Å². The maximum atomic E-state index is 12.3. The van der Waals surface area contributed by atoms with Crippen LogP contribution in [0.4, 0.5) is 0 Å². The second-order valence-corrected chi connectivity index (χ2v) is 8.26. The molecule has 6 nitrogen and oxygen atoms in total. The molecule has 0 aromatic rings. The van der Waals surface area contributed by atoms with Crippen molar-refractivity contribution < 1.29 is 23.9 Å². The second kappa shape index (κ2) is 17.3. The summed E-state index contributed by atoms with van der Waals surface area (Å²) < 4.78 is 10.3. The lowest BCUT2D eigenvalue weighted by atomic mass is 10.1. The van der Waals surface area contributed by atoms with Crippen molar-refractivity contribution in [2.75, 3.05) is 0 Å². The SMILES string of the molecule is CCCCCCCCCCCC(=O)N[C@H](CCC(=O)OC(C)C)C(=O)OC(C)C. The molecule has 0 aromatic heterocycles. The van der Waals surface area contributed by atoms with Crippen molar-refractivity contribution in [3.8, 4) is 0 Å². The average Bonchev–Trinajstić information content (AvgIpc) is 2.62. The number of carbonyl (C=O) groups is 3. The zero-order valence-electron chi connectivity index (χ0n) is 19.3. The zero-order chi connectivity index (χ0) is 22.1. The molecule has 170 valence electrons. The number of nitrogens with one attached hydrogen (secondary N) is 1. The van der Waals surface area contributed by atoms with Crippen LogP contribution in [0, 0.1) is 0 Å². The van der Waals surface area contributed by atoms with Gasteiger partial charge in [-0.1, -0.05) is 58.3 Å². The second-order valence-electron chi connectivity index (χ2n) is 8.26.